The van der Waals surface area contributed by atoms with Crippen LogP contribution in [0.5, 0.6) is 5.75 Å². The van der Waals surface area contributed by atoms with Crippen LogP contribution in [0, 0.1) is 0 Å². The lowest BCUT2D eigenvalue weighted by molar-refractivity contribution is -0.140. The van der Waals surface area contributed by atoms with Crippen LogP contribution in [0.2, 0.25) is 10.0 Å². The second kappa shape index (κ2) is 13.0. The predicted octanol–water partition coefficient (Wildman–Crippen LogP) is 4.75. The highest BCUT2D eigenvalue weighted by atomic mass is 35.5. The van der Waals surface area contributed by atoms with Gasteiger partial charge in [0.05, 0.1) is 22.7 Å². The molecule has 0 aliphatic heterocycles. The van der Waals surface area contributed by atoms with Crippen molar-refractivity contribution in [2.24, 2.45) is 0 Å². The number of nitrogens with zero attached hydrogens (tertiary/aromatic N) is 2. The number of benzene rings is 3. The Labute approximate surface area is 233 Å². The van der Waals surface area contributed by atoms with E-state index in [0.29, 0.717) is 17.2 Å². The van der Waals surface area contributed by atoms with Gasteiger partial charge >= 0.3 is 0 Å². The summed E-state index contributed by atoms with van der Waals surface area (Å²) in [5.74, 6) is -0.574. The zero-order valence-corrected chi connectivity index (χ0v) is 23.6. The number of carbonyl (C=O) groups excluding carboxylic acids is 2. The van der Waals surface area contributed by atoms with Crippen molar-refractivity contribution in [1.29, 1.82) is 0 Å². The summed E-state index contributed by atoms with van der Waals surface area (Å²) in [6.07, 6.45) is 0.318. The Balaban J connectivity index is 2.07. The summed E-state index contributed by atoms with van der Waals surface area (Å²) in [5.41, 5.74) is 0.905. The molecule has 38 heavy (non-hydrogen) atoms. The fraction of sp³-hybridized carbons (Fsp3) is 0.259. The highest BCUT2D eigenvalue weighted by molar-refractivity contribution is 7.92. The summed E-state index contributed by atoms with van der Waals surface area (Å²) in [7, 11) is -1.25. The van der Waals surface area contributed by atoms with E-state index in [-0.39, 0.29) is 28.1 Å². The lowest BCUT2D eigenvalue weighted by Crippen LogP contribution is -2.51. The van der Waals surface area contributed by atoms with Crippen LogP contribution < -0.4 is 14.4 Å². The number of carbonyl (C=O) groups is 2. The predicted molar refractivity (Wildman–Crippen MR) is 149 cm³/mol. The highest BCUT2D eigenvalue weighted by Crippen LogP contribution is 2.32. The van der Waals surface area contributed by atoms with Crippen molar-refractivity contribution < 1.29 is 22.7 Å². The molecule has 8 nitrogen and oxygen atoms in total. The molecule has 0 spiro atoms. The van der Waals surface area contributed by atoms with Crippen LogP contribution in [0.4, 0.5) is 5.69 Å². The number of methoxy groups -OCH3 is 1. The lowest BCUT2D eigenvalue weighted by atomic mass is 10.1. The molecule has 0 saturated heterocycles. The zero-order chi connectivity index (χ0) is 27.9. The Bertz CT molecular complexity index is 1370. The molecule has 1 N–H and O–H groups in total. The Morgan fingerprint density at radius 2 is 1.66 bits per heavy atom. The van der Waals surface area contributed by atoms with Gasteiger partial charge < -0.3 is 15.0 Å². The van der Waals surface area contributed by atoms with Crippen LogP contribution in [0.3, 0.4) is 0 Å². The average molecular weight is 579 g/mol. The van der Waals surface area contributed by atoms with E-state index in [0.717, 1.165) is 9.87 Å². The molecule has 202 valence electrons. The van der Waals surface area contributed by atoms with Gasteiger partial charge in [0.25, 0.3) is 10.0 Å². The number of amides is 2. The molecule has 0 saturated carbocycles. The van der Waals surface area contributed by atoms with Crippen molar-refractivity contribution >= 4 is 50.7 Å². The van der Waals surface area contributed by atoms with Crippen LogP contribution in [-0.4, -0.2) is 51.9 Å². The van der Waals surface area contributed by atoms with E-state index in [1.165, 1.54) is 49.4 Å². The summed E-state index contributed by atoms with van der Waals surface area (Å²) in [4.78, 5) is 28.0. The van der Waals surface area contributed by atoms with E-state index in [1.807, 2.05) is 0 Å². The molecular weight excluding hydrogens is 549 g/mol. The Morgan fingerprint density at radius 1 is 1.00 bits per heavy atom. The summed E-state index contributed by atoms with van der Waals surface area (Å²) < 4.78 is 33.7. The summed E-state index contributed by atoms with van der Waals surface area (Å²) in [6.45, 7) is 1.29. The number of hydrogen-bond donors (Lipinski definition) is 1. The molecule has 0 aliphatic rings. The Kier molecular flexibility index (Phi) is 10.0. The minimum atomic E-state index is -4.19. The first-order chi connectivity index (χ1) is 18.1. The first-order valence-corrected chi connectivity index (χ1v) is 14.0. The molecular formula is C27H29Cl2N3O5S. The number of anilines is 1. The van der Waals surface area contributed by atoms with Gasteiger partial charge in [0.2, 0.25) is 11.8 Å². The van der Waals surface area contributed by atoms with Gasteiger partial charge in [0.15, 0.2) is 0 Å². The first-order valence-electron chi connectivity index (χ1n) is 11.8. The molecule has 11 heteroatoms. The Hall–Kier alpha value is -3.27. The van der Waals surface area contributed by atoms with E-state index < -0.39 is 28.5 Å². The van der Waals surface area contributed by atoms with Crippen LogP contribution in [-0.2, 0) is 26.2 Å². The maximum Gasteiger partial charge on any atom is 0.264 e. The molecule has 1 atom stereocenters. The highest BCUT2D eigenvalue weighted by Gasteiger charge is 2.33. The topological polar surface area (TPSA) is 96.0 Å². The molecule has 3 aromatic carbocycles. The number of rotatable bonds is 11. The molecule has 0 bridgehead atoms. The number of ether oxygens (including phenoxy) is 1. The van der Waals surface area contributed by atoms with Crippen molar-refractivity contribution in [3.63, 3.8) is 0 Å². The van der Waals surface area contributed by atoms with Crippen LogP contribution >= 0.6 is 23.2 Å². The number of sulfonamides is 1. The van der Waals surface area contributed by atoms with E-state index in [9.17, 15) is 18.0 Å². The summed E-state index contributed by atoms with van der Waals surface area (Å²) in [5, 5.41) is 3.30. The van der Waals surface area contributed by atoms with Gasteiger partial charge in [-0.3, -0.25) is 13.9 Å². The molecule has 0 heterocycles. The first kappa shape index (κ1) is 29.3. The van der Waals surface area contributed by atoms with E-state index in [1.54, 1.807) is 49.4 Å². The van der Waals surface area contributed by atoms with Crippen molar-refractivity contribution in [3.05, 3.63) is 88.4 Å². The Morgan fingerprint density at radius 3 is 2.21 bits per heavy atom. The van der Waals surface area contributed by atoms with Crippen molar-refractivity contribution in [2.75, 3.05) is 25.0 Å². The monoisotopic (exact) mass is 577 g/mol. The van der Waals surface area contributed by atoms with Gasteiger partial charge in [-0.2, -0.15) is 0 Å². The van der Waals surface area contributed by atoms with Gasteiger partial charge in [-0.15, -0.1) is 0 Å². The molecule has 2 amide bonds. The van der Waals surface area contributed by atoms with Crippen molar-refractivity contribution in [1.82, 2.24) is 10.2 Å². The van der Waals surface area contributed by atoms with E-state index in [2.05, 4.69) is 5.32 Å². The van der Waals surface area contributed by atoms with Gasteiger partial charge in [-0.25, -0.2) is 8.42 Å². The van der Waals surface area contributed by atoms with Gasteiger partial charge in [-0.05, 0) is 54.4 Å². The smallest absolute Gasteiger partial charge is 0.264 e. The van der Waals surface area contributed by atoms with Gasteiger partial charge in [-0.1, -0.05) is 60.5 Å². The van der Waals surface area contributed by atoms with E-state index in [4.69, 9.17) is 27.9 Å². The van der Waals surface area contributed by atoms with E-state index >= 15 is 0 Å². The molecule has 0 aliphatic carbocycles. The largest absolute Gasteiger partial charge is 0.495 e. The standard InChI is InChI=1S/C27H29Cl2N3O5S/c1-4-24(27(34)30-2)31(17-19-10-12-20(28)13-11-19)26(33)18-32(21-14-15-25(37-3)23(29)16-21)38(35,36)22-8-6-5-7-9-22/h5-16,24H,4,17-18H2,1-3H3,(H,30,34). The van der Waals surface area contributed by atoms with Crippen LogP contribution in [0.1, 0.15) is 18.9 Å². The molecule has 3 rings (SSSR count). The molecule has 3 aromatic rings. The molecule has 0 fully saturated rings. The third-order valence-electron chi connectivity index (χ3n) is 5.93. The third kappa shape index (κ3) is 6.78. The van der Waals surface area contributed by atoms with Gasteiger partial charge in [0, 0.05) is 18.6 Å². The summed E-state index contributed by atoms with van der Waals surface area (Å²) >= 11 is 12.3. The average Bonchev–Trinajstić information content (AvgIpc) is 2.92. The number of hydrogen-bond acceptors (Lipinski definition) is 5. The van der Waals surface area contributed by atoms with Crippen molar-refractivity contribution in [3.8, 4) is 5.75 Å². The maximum absolute atomic E-state index is 13.9. The lowest BCUT2D eigenvalue weighted by Gasteiger charge is -2.33. The fourth-order valence-electron chi connectivity index (χ4n) is 3.93. The summed E-state index contributed by atoms with van der Waals surface area (Å²) in [6, 6.07) is 18.3. The minimum Gasteiger partial charge on any atom is -0.495 e. The molecule has 1 unspecified atom stereocenters. The molecule has 0 aromatic heterocycles. The second-order valence-corrected chi connectivity index (χ2v) is 11.0. The maximum atomic E-state index is 13.9. The normalized spacial score (nSPS) is 11.9. The third-order valence-corrected chi connectivity index (χ3v) is 8.27. The minimum absolute atomic E-state index is 0.00216. The van der Waals surface area contributed by atoms with Crippen LogP contribution in [0.25, 0.3) is 0 Å². The zero-order valence-electron chi connectivity index (χ0n) is 21.2. The molecule has 0 radical (unpaired) electrons. The van der Waals surface area contributed by atoms with Crippen LogP contribution in [0.15, 0.2) is 77.7 Å². The van der Waals surface area contributed by atoms with Crippen molar-refractivity contribution in [2.45, 2.75) is 30.8 Å². The number of nitrogens with one attached hydrogen (secondary N) is 1. The SMILES string of the molecule is CCC(C(=O)NC)N(Cc1ccc(Cl)cc1)C(=O)CN(c1ccc(OC)c(Cl)c1)S(=O)(=O)c1ccccc1. The fourth-order valence-corrected chi connectivity index (χ4v) is 5.74. The van der Waals surface area contributed by atoms with Gasteiger partial charge in [0.1, 0.15) is 18.3 Å². The number of halogens is 2. The quantitative estimate of drug-likeness (QED) is 0.354. The number of likely N-dealkylation sites (N-methyl/N-ethyl adjacent to an activating group) is 1. The second-order valence-electron chi connectivity index (χ2n) is 8.33.